The van der Waals surface area contributed by atoms with Crippen LogP contribution in [0.4, 0.5) is 11.8 Å². The van der Waals surface area contributed by atoms with E-state index in [4.69, 9.17) is 25.5 Å². The first-order valence-electron chi connectivity index (χ1n) is 10.9. The maximum atomic E-state index is 9.01. The minimum Gasteiger partial charge on any atom is -0.394 e. The van der Waals surface area contributed by atoms with Gasteiger partial charge in [0.2, 0.25) is 5.95 Å². The lowest BCUT2D eigenvalue weighted by Gasteiger charge is -2.27. The molecule has 2 fully saturated rings. The van der Waals surface area contributed by atoms with Crippen molar-refractivity contribution in [1.29, 1.82) is 0 Å². The SMILES string of the molecule is CC(Nc1nc(NC2CCC(N)CC2)nc2c1ncn2C1CCCC1)OCCO. The van der Waals surface area contributed by atoms with Gasteiger partial charge in [0.05, 0.1) is 19.5 Å². The summed E-state index contributed by atoms with van der Waals surface area (Å²) in [4.78, 5) is 14.2. The summed E-state index contributed by atoms with van der Waals surface area (Å²) in [6.45, 7) is 2.15. The fourth-order valence-electron chi connectivity index (χ4n) is 4.44. The summed E-state index contributed by atoms with van der Waals surface area (Å²) >= 11 is 0. The Labute approximate surface area is 171 Å². The number of nitrogens with zero attached hydrogens (tertiary/aromatic N) is 4. The molecule has 1 atom stereocenters. The standard InChI is InChI=1S/C20H33N7O2/c1-13(29-11-10-28)23-18-17-19(27(12-22-17)16-4-2-3-5-16)26-20(25-18)24-15-8-6-14(21)7-9-15/h12-16,28H,2-11,21H2,1H3,(H2,23,24,25,26). The van der Waals surface area contributed by atoms with Crippen molar-refractivity contribution in [2.75, 3.05) is 23.8 Å². The van der Waals surface area contributed by atoms with Crippen LogP contribution in [0, 0.1) is 0 Å². The van der Waals surface area contributed by atoms with E-state index in [9.17, 15) is 0 Å². The quantitative estimate of drug-likeness (QED) is 0.496. The highest BCUT2D eigenvalue weighted by atomic mass is 16.5. The van der Waals surface area contributed by atoms with E-state index < -0.39 is 0 Å². The summed E-state index contributed by atoms with van der Waals surface area (Å²) in [5.74, 6) is 1.28. The first-order valence-corrected chi connectivity index (χ1v) is 10.9. The van der Waals surface area contributed by atoms with Crippen molar-refractivity contribution in [1.82, 2.24) is 19.5 Å². The van der Waals surface area contributed by atoms with E-state index in [1.54, 1.807) is 0 Å². The molecule has 2 aliphatic carbocycles. The topological polar surface area (TPSA) is 123 Å². The van der Waals surface area contributed by atoms with Crippen LogP contribution in [0.3, 0.4) is 0 Å². The van der Waals surface area contributed by atoms with Crippen LogP contribution in [-0.4, -0.2) is 56.2 Å². The number of aliphatic hydroxyl groups is 1. The Hall–Kier alpha value is -1.97. The monoisotopic (exact) mass is 403 g/mol. The Bertz CT molecular complexity index is 797. The molecule has 5 N–H and O–H groups in total. The zero-order valence-electron chi connectivity index (χ0n) is 17.2. The Morgan fingerprint density at radius 3 is 2.69 bits per heavy atom. The third-order valence-electron chi connectivity index (χ3n) is 6.04. The molecule has 2 aromatic rings. The molecule has 29 heavy (non-hydrogen) atoms. The van der Waals surface area contributed by atoms with Crippen LogP contribution < -0.4 is 16.4 Å². The van der Waals surface area contributed by atoms with Crippen molar-refractivity contribution in [2.24, 2.45) is 5.73 Å². The molecular weight excluding hydrogens is 370 g/mol. The molecule has 2 aliphatic rings. The molecule has 0 radical (unpaired) electrons. The summed E-state index contributed by atoms with van der Waals surface area (Å²) in [6, 6.07) is 1.10. The third kappa shape index (κ3) is 4.79. The molecule has 4 rings (SSSR count). The molecule has 0 amide bonds. The van der Waals surface area contributed by atoms with Gasteiger partial charge in [-0.1, -0.05) is 12.8 Å². The van der Waals surface area contributed by atoms with E-state index >= 15 is 0 Å². The van der Waals surface area contributed by atoms with Crippen LogP contribution in [0.2, 0.25) is 0 Å². The first kappa shape index (κ1) is 20.3. The van der Waals surface area contributed by atoms with E-state index in [2.05, 4.69) is 20.2 Å². The highest BCUT2D eigenvalue weighted by Crippen LogP contribution is 2.33. The number of hydrogen-bond donors (Lipinski definition) is 4. The zero-order chi connectivity index (χ0) is 20.2. The van der Waals surface area contributed by atoms with Gasteiger partial charge in [0, 0.05) is 18.1 Å². The fourth-order valence-corrected chi connectivity index (χ4v) is 4.44. The van der Waals surface area contributed by atoms with Gasteiger partial charge in [0.25, 0.3) is 0 Å². The first-order chi connectivity index (χ1) is 14.1. The van der Waals surface area contributed by atoms with Crippen LogP contribution in [0.25, 0.3) is 11.2 Å². The lowest BCUT2D eigenvalue weighted by Crippen LogP contribution is -2.33. The van der Waals surface area contributed by atoms with Gasteiger partial charge in [-0.2, -0.15) is 9.97 Å². The largest absolute Gasteiger partial charge is 0.394 e. The van der Waals surface area contributed by atoms with Gasteiger partial charge in [0.15, 0.2) is 17.0 Å². The van der Waals surface area contributed by atoms with Gasteiger partial charge in [-0.15, -0.1) is 0 Å². The maximum Gasteiger partial charge on any atom is 0.227 e. The predicted octanol–water partition coefficient (Wildman–Crippen LogP) is 2.39. The molecule has 160 valence electrons. The number of nitrogens with one attached hydrogen (secondary N) is 2. The minimum absolute atomic E-state index is 0.0157. The lowest BCUT2D eigenvalue weighted by molar-refractivity contribution is 0.0541. The van der Waals surface area contributed by atoms with Crippen molar-refractivity contribution in [3.05, 3.63) is 6.33 Å². The van der Waals surface area contributed by atoms with E-state index in [1.807, 2.05) is 13.3 Å². The van der Waals surface area contributed by atoms with Gasteiger partial charge in [-0.05, 0) is 45.4 Å². The summed E-state index contributed by atoms with van der Waals surface area (Å²) in [5, 5.41) is 15.8. The number of nitrogens with two attached hydrogens (primary N) is 1. The van der Waals surface area contributed by atoms with E-state index in [0.717, 1.165) is 49.7 Å². The van der Waals surface area contributed by atoms with Crippen LogP contribution in [0.1, 0.15) is 64.3 Å². The van der Waals surface area contributed by atoms with Crippen molar-refractivity contribution in [2.45, 2.75) is 82.6 Å². The number of hydrogen-bond acceptors (Lipinski definition) is 8. The molecule has 0 aliphatic heterocycles. The van der Waals surface area contributed by atoms with Gasteiger partial charge >= 0.3 is 0 Å². The number of aliphatic hydroxyl groups excluding tert-OH is 1. The van der Waals surface area contributed by atoms with Crippen LogP contribution >= 0.6 is 0 Å². The average molecular weight is 404 g/mol. The molecular formula is C20H33N7O2. The van der Waals surface area contributed by atoms with Gasteiger partial charge in [-0.3, -0.25) is 0 Å². The van der Waals surface area contributed by atoms with Crippen LogP contribution in [0.15, 0.2) is 6.33 Å². The van der Waals surface area contributed by atoms with Gasteiger partial charge < -0.3 is 30.8 Å². The number of anilines is 2. The number of fused-ring (bicyclic) bond motifs is 1. The Balaban J connectivity index is 1.62. The van der Waals surface area contributed by atoms with Crippen molar-refractivity contribution >= 4 is 22.9 Å². The Morgan fingerprint density at radius 2 is 1.97 bits per heavy atom. The lowest BCUT2D eigenvalue weighted by atomic mass is 9.92. The summed E-state index contributed by atoms with van der Waals surface area (Å²) < 4.78 is 7.77. The average Bonchev–Trinajstić information content (AvgIpc) is 3.38. The molecule has 2 saturated carbocycles. The molecule has 0 saturated heterocycles. The minimum atomic E-state index is -0.294. The molecule has 0 spiro atoms. The van der Waals surface area contributed by atoms with Crippen LogP contribution in [0.5, 0.6) is 0 Å². The summed E-state index contributed by atoms with van der Waals surface area (Å²) in [7, 11) is 0. The second-order valence-corrected chi connectivity index (χ2v) is 8.30. The van der Waals surface area contributed by atoms with Gasteiger partial charge in [0.1, 0.15) is 6.23 Å². The zero-order valence-corrected chi connectivity index (χ0v) is 17.2. The number of imidazole rings is 1. The Morgan fingerprint density at radius 1 is 1.21 bits per heavy atom. The number of ether oxygens (including phenoxy) is 1. The highest BCUT2D eigenvalue weighted by Gasteiger charge is 2.24. The fraction of sp³-hybridized carbons (Fsp3) is 0.750. The maximum absolute atomic E-state index is 9.01. The van der Waals surface area contributed by atoms with Gasteiger partial charge in [-0.25, -0.2) is 4.98 Å². The third-order valence-corrected chi connectivity index (χ3v) is 6.04. The highest BCUT2D eigenvalue weighted by molar-refractivity contribution is 5.84. The van der Waals surface area contributed by atoms with Crippen molar-refractivity contribution < 1.29 is 9.84 Å². The number of aromatic nitrogens is 4. The van der Waals surface area contributed by atoms with E-state index in [1.165, 1.54) is 12.8 Å². The second-order valence-electron chi connectivity index (χ2n) is 8.30. The molecule has 2 aromatic heterocycles. The normalized spacial score (nSPS) is 24.1. The molecule has 2 heterocycles. The molecule has 9 nitrogen and oxygen atoms in total. The predicted molar refractivity (Wildman–Crippen MR) is 113 cm³/mol. The molecule has 9 heteroatoms. The molecule has 1 unspecified atom stereocenters. The molecule has 0 bridgehead atoms. The van der Waals surface area contributed by atoms with Crippen molar-refractivity contribution in [3.8, 4) is 0 Å². The van der Waals surface area contributed by atoms with Crippen molar-refractivity contribution in [3.63, 3.8) is 0 Å². The smallest absolute Gasteiger partial charge is 0.227 e. The van der Waals surface area contributed by atoms with Crippen LogP contribution in [-0.2, 0) is 4.74 Å². The summed E-state index contributed by atoms with van der Waals surface area (Å²) in [6.07, 6.45) is 10.5. The van der Waals surface area contributed by atoms with E-state index in [0.29, 0.717) is 29.9 Å². The van der Waals surface area contributed by atoms with E-state index in [-0.39, 0.29) is 19.4 Å². The Kier molecular flexibility index (Phi) is 6.46. The second kappa shape index (κ2) is 9.23. The summed E-state index contributed by atoms with van der Waals surface area (Å²) in [5.41, 5.74) is 7.66. The number of rotatable bonds is 8. The molecule has 0 aromatic carbocycles.